The number of nitrogens with one attached hydrogen (secondary N) is 1. The number of hydrogen-bond donors (Lipinski definition) is 2. The minimum Gasteiger partial charge on any atom is -0.491 e. The molecule has 2 aromatic rings. The van der Waals surface area contributed by atoms with Crippen LogP contribution in [0.15, 0.2) is 36.4 Å². The van der Waals surface area contributed by atoms with E-state index in [2.05, 4.69) is 10.3 Å². The summed E-state index contributed by atoms with van der Waals surface area (Å²) in [5, 5.41) is 13.2. The van der Waals surface area contributed by atoms with Crippen molar-refractivity contribution in [1.29, 1.82) is 0 Å². The summed E-state index contributed by atoms with van der Waals surface area (Å²) in [6.45, 7) is 3.85. The van der Waals surface area contributed by atoms with Crippen LogP contribution in [0, 0.1) is 0 Å². The van der Waals surface area contributed by atoms with Crippen molar-refractivity contribution >= 4 is 29.1 Å². The van der Waals surface area contributed by atoms with Crippen molar-refractivity contribution in [3.8, 4) is 5.75 Å². The fraction of sp³-hybridized carbons (Fsp3) is 0.294. The molecule has 2 N–H and O–H groups in total. The third-order valence-corrected chi connectivity index (χ3v) is 3.61. The lowest BCUT2D eigenvalue weighted by molar-refractivity contribution is 0.0911. The second kappa shape index (κ2) is 8.33. The van der Waals surface area contributed by atoms with Gasteiger partial charge in [-0.15, -0.1) is 0 Å². The van der Waals surface area contributed by atoms with Crippen molar-refractivity contribution in [3.63, 3.8) is 0 Å². The number of aromatic nitrogens is 1. The van der Waals surface area contributed by atoms with Gasteiger partial charge in [0.2, 0.25) is 0 Å². The molecule has 0 saturated heterocycles. The van der Waals surface area contributed by atoms with Crippen molar-refractivity contribution in [1.82, 2.24) is 10.3 Å². The van der Waals surface area contributed by atoms with Crippen LogP contribution >= 0.6 is 23.2 Å². The summed E-state index contributed by atoms with van der Waals surface area (Å²) in [7, 11) is 0. The molecule has 0 fully saturated rings. The molecule has 24 heavy (non-hydrogen) atoms. The highest BCUT2D eigenvalue weighted by molar-refractivity contribution is 6.34. The van der Waals surface area contributed by atoms with E-state index >= 15 is 0 Å². The Balaban J connectivity index is 2.01. The number of amides is 1. The number of carbonyl (C=O) groups is 1. The summed E-state index contributed by atoms with van der Waals surface area (Å²) < 4.78 is 5.59. The molecule has 0 aliphatic heterocycles. The number of hydrogen-bond acceptors (Lipinski definition) is 4. The number of aliphatic hydroxyl groups is 1. The molecule has 1 atom stereocenters. The number of aliphatic hydroxyl groups excluding tert-OH is 1. The topological polar surface area (TPSA) is 71.5 Å². The Labute approximate surface area is 150 Å². The number of ether oxygens (including phenoxy) is 1. The van der Waals surface area contributed by atoms with Crippen LogP contribution in [0.2, 0.25) is 10.2 Å². The van der Waals surface area contributed by atoms with Gasteiger partial charge >= 0.3 is 0 Å². The van der Waals surface area contributed by atoms with E-state index in [0.29, 0.717) is 11.3 Å². The van der Waals surface area contributed by atoms with Crippen molar-refractivity contribution in [3.05, 3.63) is 57.8 Å². The summed E-state index contributed by atoms with van der Waals surface area (Å²) in [6.07, 6.45) is -0.851. The first kappa shape index (κ1) is 18.5. The van der Waals surface area contributed by atoms with E-state index in [9.17, 15) is 9.90 Å². The van der Waals surface area contributed by atoms with E-state index in [1.165, 1.54) is 12.1 Å². The lowest BCUT2D eigenvalue weighted by atomic mass is 10.1. The van der Waals surface area contributed by atoms with Crippen LogP contribution in [0.4, 0.5) is 0 Å². The second-order valence-electron chi connectivity index (χ2n) is 5.43. The quantitative estimate of drug-likeness (QED) is 0.763. The lowest BCUT2D eigenvalue weighted by Crippen LogP contribution is -2.29. The predicted molar refractivity (Wildman–Crippen MR) is 93.8 cm³/mol. The molecule has 0 radical (unpaired) electrons. The van der Waals surface area contributed by atoms with Gasteiger partial charge in [-0.05, 0) is 43.7 Å². The Morgan fingerprint density at radius 2 is 2.04 bits per heavy atom. The highest BCUT2D eigenvalue weighted by Crippen LogP contribution is 2.21. The number of pyridine rings is 1. The average Bonchev–Trinajstić information content (AvgIpc) is 2.54. The first-order chi connectivity index (χ1) is 11.4. The lowest BCUT2D eigenvalue weighted by Gasteiger charge is -2.15. The molecule has 1 heterocycles. The van der Waals surface area contributed by atoms with Crippen LogP contribution in [0.5, 0.6) is 5.75 Å². The van der Waals surface area contributed by atoms with Crippen LogP contribution in [0.25, 0.3) is 0 Å². The Morgan fingerprint density at radius 1 is 1.29 bits per heavy atom. The third-order valence-electron chi connectivity index (χ3n) is 3.10. The van der Waals surface area contributed by atoms with Crippen molar-refractivity contribution < 1.29 is 14.6 Å². The molecule has 1 aromatic carbocycles. The van der Waals surface area contributed by atoms with Gasteiger partial charge in [0.05, 0.1) is 17.2 Å². The molecule has 128 valence electrons. The summed E-state index contributed by atoms with van der Waals surface area (Å²) in [5.41, 5.74) is 0.659. The van der Waals surface area contributed by atoms with Gasteiger partial charge in [0.25, 0.3) is 5.91 Å². The maximum Gasteiger partial charge on any atom is 0.271 e. The van der Waals surface area contributed by atoms with Crippen molar-refractivity contribution in [2.45, 2.75) is 26.1 Å². The number of carbonyl (C=O) groups excluding carboxylic acids is 1. The molecule has 0 spiro atoms. The Kier molecular flexibility index (Phi) is 6.43. The summed E-state index contributed by atoms with van der Waals surface area (Å²) in [4.78, 5) is 16.0. The molecule has 0 bridgehead atoms. The largest absolute Gasteiger partial charge is 0.491 e. The first-order valence-corrected chi connectivity index (χ1v) is 8.17. The number of nitrogens with zero attached hydrogens (tertiary/aromatic N) is 1. The van der Waals surface area contributed by atoms with Crippen molar-refractivity contribution in [2.75, 3.05) is 6.54 Å². The first-order valence-electron chi connectivity index (χ1n) is 7.41. The molecule has 5 nitrogen and oxygen atoms in total. The van der Waals surface area contributed by atoms with E-state index in [1.54, 1.807) is 18.2 Å². The predicted octanol–water partition coefficient (Wildman–Crippen LogP) is 3.64. The third kappa shape index (κ3) is 5.09. The van der Waals surface area contributed by atoms with E-state index in [0.717, 1.165) is 0 Å². The fourth-order valence-corrected chi connectivity index (χ4v) is 2.37. The Bertz CT molecular complexity index is 723. The standard InChI is InChI=1S/C17H18Cl2N2O3/c1-10(2)24-12-5-3-4-11(8-12)14(22)9-20-17(23)16-13(18)6-7-15(19)21-16/h3-8,10,14,22H,9H2,1-2H3,(H,20,23). The SMILES string of the molecule is CC(C)Oc1cccc(C(O)CNC(=O)c2nc(Cl)ccc2Cl)c1. The summed E-state index contributed by atoms with van der Waals surface area (Å²) >= 11 is 11.7. The number of halogens is 2. The maximum atomic E-state index is 12.1. The minimum absolute atomic E-state index is 0.00842. The average molecular weight is 369 g/mol. The maximum absolute atomic E-state index is 12.1. The fourth-order valence-electron chi connectivity index (χ4n) is 2.04. The number of benzene rings is 1. The normalized spacial score (nSPS) is 12.1. The van der Waals surface area contributed by atoms with Gasteiger partial charge in [-0.2, -0.15) is 0 Å². The zero-order valence-electron chi connectivity index (χ0n) is 13.3. The number of rotatable bonds is 6. The highest BCUT2D eigenvalue weighted by Gasteiger charge is 2.15. The summed E-state index contributed by atoms with van der Waals surface area (Å²) in [5.74, 6) is 0.156. The molecule has 1 amide bonds. The van der Waals surface area contributed by atoms with Crippen LogP contribution in [-0.2, 0) is 0 Å². The van der Waals surface area contributed by atoms with E-state index in [1.807, 2.05) is 19.9 Å². The van der Waals surface area contributed by atoms with Gasteiger partial charge in [0.15, 0.2) is 0 Å². The minimum atomic E-state index is -0.886. The monoisotopic (exact) mass is 368 g/mol. The Hall–Kier alpha value is -1.82. The smallest absolute Gasteiger partial charge is 0.271 e. The van der Waals surface area contributed by atoms with Gasteiger partial charge in [0.1, 0.15) is 16.6 Å². The van der Waals surface area contributed by atoms with Crippen LogP contribution < -0.4 is 10.1 Å². The van der Waals surface area contributed by atoms with Crippen LogP contribution in [0.1, 0.15) is 36.0 Å². The van der Waals surface area contributed by atoms with E-state index in [-0.39, 0.29) is 28.5 Å². The molecule has 2 rings (SSSR count). The highest BCUT2D eigenvalue weighted by atomic mass is 35.5. The molecule has 1 aromatic heterocycles. The van der Waals surface area contributed by atoms with Gasteiger partial charge in [-0.25, -0.2) is 4.98 Å². The van der Waals surface area contributed by atoms with Crippen LogP contribution in [-0.4, -0.2) is 28.6 Å². The van der Waals surface area contributed by atoms with Gasteiger partial charge in [-0.1, -0.05) is 35.3 Å². The van der Waals surface area contributed by atoms with E-state index < -0.39 is 12.0 Å². The molecular formula is C17H18Cl2N2O3. The molecule has 7 heteroatoms. The molecular weight excluding hydrogens is 351 g/mol. The zero-order chi connectivity index (χ0) is 17.7. The van der Waals surface area contributed by atoms with Crippen molar-refractivity contribution in [2.24, 2.45) is 0 Å². The second-order valence-corrected chi connectivity index (χ2v) is 6.22. The van der Waals surface area contributed by atoms with Gasteiger partial charge < -0.3 is 15.2 Å². The summed E-state index contributed by atoms with van der Waals surface area (Å²) in [6, 6.07) is 10.1. The Morgan fingerprint density at radius 3 is 2.75 bits per heavy atom. The molecule has 0 saturated carbocycles. The molecule has 0 aliphatic rings. The zero-order valence-corrected chi connectivity index (χ0v) is 14.8. The molecule has 0 aliphatic carbocycles. The van der Waals surface area contributed by atoms with Gasteiger partial charge in [0, 0.05) is 6.54 Å². The van der Waals surface area contributed by atoms with Gasteiger partial charge in [-0.3, -0.25) is 4.79 Å². The molecule has 1 unspecified atom stereocenters. The van der Waals surface area contributed by atoms with Crippen LogP contribution in [0.3, 0.4) is 0 Å². The van der Waals surface area contributed by atoms with E-state index in [4.69, 9.17) is 27.9 Å².